The minimum Gasteiger partial charge on any atom is -0.490 e. The van der Waals surface area contributed by atoms with Gasteiger partial charge in [-0.05, 0) is 86.1 Å². The van der Waals surface area contributed by atoms with Crippen molar-refractivity contribution in [3.63, 3.8) is 0 Å². The molecule has 37 heavy (non-hydrogen) atoms. The number of hydrogen-bond acceptors (Lipinski definition) is 6. The van der Waals surface area contributed by atoms with Gasteiger partial charge in [0.25, 0.3) is 5.91 Å². The van der Waals surface area contributed by atoms with E-state index >= 15 is 0 Å². The Kier molecular flexibility index (Phi) is 6.65. The van der Waals surface area contributed by atoms with E-state index in [4.69, 9.17) is 9.47 Å². The van der Waals surface area contributed by atoms with Crippen molar-refractivity contribution in [3.05, 3.63) is 59.2 Å². The first kappa shape index (κ1) is 24.7. The summed E-state index contributed by atoms with van der Waals surface area (Å²) in [5.74, 6) is 1.16. The summed E-state index contributed by atoms with van der Waals surface area (Å²) in [6.07, 6.45) is 7.74. The third kappa shape index (κ3) is 4.98. The summed E-state index contributed by atoms with van der Waals surface area (Å²) in [5, 5.41) is 0. The standard InChI is InChI=1S/C29H36N2O5S/c32-28-23-11-12-27-26(17-23)31(19-29(20-36-27)13-3-6-22-5-1-2-8-25(22)29)18-24-10-9-21(24)7-4-14-35-15-16-37(33,34)30-28/h1-2,5,8,11-12,17,21,24H,3-4,6-7,9-10,13-16,18-20H2,(H,30,32)/t21-,24+,29+/m1/s1. The number of carbonyl (C=O) groups excluding carboxylic acids is 1. The van der Waals surface area contributed by atoms with Crippen LogP contribution in [0.3, 0.4) is 0 Å². The van der Waals surface area contributed by atoms with E-state index in [0.29, 0.717) is 30.6 Å². The molecule has 1 spiro atoms. The second-order valence-electron chi connectivity index (χ2n) is 11.2. The molecule has 0 unspecified atom stereocenters. The van der Waals surface area contributed by atoms with Gasteiger partial charge in [-0.2, -0.15) is 0 Å². The van der Waals surface area contributed by atoms with Gasteiger partial charge in [0.1, 0.15) is 5.75 Å². The highest BCUT2D eigenvalue weighted by atomic mass is 32.2. The zero-order valence-electron chi connectivity index (χ0n) is 21.3. The lowest BCUT2D eigenvalue weighted by atomic mass is 9.69. The summed E-state index contributed by atoms with van der Waals surface area (Å²) < 4.78 is 39.3. The van der Waals surface area contributed by atoms with Crippen LogP contribution in [0.1, 0.15) is 60.0 Å². The molecule has 2 aromatic carbocycles. The number of rotatable bonds is 0. The molecule has 2 aliphatic carbocycles. The molecule has 1 saturated carbocycles. The van der Waals surface area contributed by atoms with Crippen LogP contribution >= 0.6 is 0 Å². The summed E-state index contributed by atoms with van der Waals surface area (Å²) in [6, 6.07) is 14.1. The number of benzene rings is 2. The molecule has 3 atom stereocenters. The molecule has 0 aromatic heterocycles. The zero-order valence-corrected chi connectivity index (χ0v) is 22.1. The molecule has 1 amide bonds. The van der Waals surface area contributed by atoms with Crippen LogP contribution in [0.5, 0.6) is 5.75 Å². The maximum atomic E-state index is 13.0. The molecule has 2 bridgehead atoms. The normalized spacial score (nSPS) is 29.6. The lowest BCUT2D eigenvalue weighted by Gasteiger charge is -2.44. The number of nitrogens with zero attached hydrogens (tertiary/aromatic N) is 1. The number of aryl methyl sites for hydroxylation is 1. The second-order valence-corrected chi connectivity index (χ2v) is 13.1. The molecule has 8 heteroatoms. The quantitative estimate of drug-likeness (QED) is 0.560. The van der Waals surface area contributed by atoms with Gasteiger partial charge in [-0.3, -0.25) is 4.79 Å². The summed E-state index contributed by atoms with van der Waals surface area (Å²) in [6.45, 7) is 2.97. The maximum Gasteiger partial charge on any atom is 0.264 e. The molecule has 0 radical (unpaired) electrons. The van der Waals surface area contributed by atoms with E-state index in [9.17, 15) is 13.2 Å². The lowest BCUT2D eigenvalue weighted by Crippen LogP contribution is -2.48. The van der Waals surface area contributed by atoms with Crippen molar-refractivity contribution >= 4 is 21.6 Å². The van der Waals surface area contributed by atoms with E-state index in [1.54, 1.807) is 6.07 Å². The molecular formula is C29H36N2O5S. The van der Waals surface area contributed by atoms with Gasteiger partial charge < -0.3 is 14.4 Å². The number of sulfonamides is 1. The highest BCUT2D eigenvalue weighted by molar-refractivity contribution is 7.90. The Bertz CT molecular complexity index is 1280. The third-order valence-corrected chi connectivity index (χ3v) is 10.1. The van der Waals surface area contributed by atoms with Crippen LogP contribution in [0.4, 0.5) is 5.69 Å². The van der Waals surface area contributed by atoms with Crippen molar-refractivity contribution in [2.24, 2.45) is 11.8 Å². The smallest absolute Gasteiger partial charge is 0.264 e. The van der Waals surface area contributed by atoms with Gasteiger partial charge in [-0.1, -0.05) is 24.3 Å². The molecular weight excluding hydrogens is 488 g/mol. The van der Waals surface area contributed by atoms with Gasteiger partial charge in [0.2, 0.25) is 10.0 Å². The predicted molar refractivity (Wildman–Crippen MR) is 143 cm³/mol. The summed E-state index contributed by atoms with van der Waals surface area (Å²) in [7, 11) is -3.78. The number of carbonyl (C=O) groups is 1. The number of hydrogen-bond donors (Lipinski definition) is 1. The number of nitrogens with one attached hydrogen (secondary N) is 1. The molecule has 1 N–H and O–H groups in total. The third-order valence-electron chi connectivity index (χ3n) is 8.89. The first-order valence-corrected chi connectivity index (χ1v) is 15.3. The Morgan fingerprint density at radius 1 is 1.00 bits per heavy atom. The van der Waals surface area contributed by atoms with Crippen molar-refractivity contribution in [1.29, 1.82) is 0 Å². The second kappa shape index (κ2) is 9.95. The molecule has 4 aliphatic rings. The van der Waals surface area contributed by atoms with Gasteiger partial charge in [-0.25, -0.2) is 13.1 Å². The monoisotopic (exact) mass is 524 g/mol. The predicted octanol–water partition coefficient (Wildman–Crippen LogP) is 4.06. The van der Waals surface area contributed by atoms with Crippen LogP contribution < -0.4 is 14.4 Å². The summed E-state index contributed by atoms with van der Waals surface area (Å²) in [5.41, 5.74) is 3.89. The van der Waals surface area contributed by atoms with Gasteiger partial charge in [0, 0.05) is 30.7 Å². The van der Waals surface area contributed by atoms with Crippen molar-refractivity contribution < 1.29 is 22.7 Å². The number of amides is 1. The number of fused-ring (bicyclic) bond motifs is 4. The van der Waals surface area contributed by atoms with Crippen LogP contribution in [-0.4, -0.2) is 53.0 Å². The Hall–Kier alpha value is -2.58. The van der Waals surface area contributed by atoms with Crippen molar-refractivity contribution in [2.75, 3.05) is 43.6 Å². The van der Waals surface area contributed by atoms with Crippen molar-refractivity contribution in [3.8, 4) is 5.75 Å². The van der Waals surface area contributed by atoms with Gasteiger partial charge in [0.05, 0.1) is 24.7 Å². The van der Waals surface area contributed by atoms with Crippen molar-refractivity contribution in [1.82, 2.24) is 4.72 Å². The summed E-state index contributed by atoms with van der Waals surface area (Å²) in [4.78, 5) is 15.4. The first-order chi connectivity index (χ1) is 17.9. The average Bonchev–Trinajstić information content (AvgIpc) is 3.02. The molecule has 6 rings (SSSR count). The average molecular weight is 525 g/mol. The molecule has 198 valence electrons. The minimum absolute atomic E-state index is 0.0894. The molecule has 2 aliphatic heterocycles. The fourth-order valence-corrected chi connectivity index (χ4v) is 7.58. The molecule has 2 heterocycles. The van der Waals surface area contributed by atoms with E-state index in [1.165, 1.54) is 24.0 Å². The molecule has 1 fully saturated rings. The van der Waals surface area contributed by atoms with E-state index in [0.717, 1.165) is 56.6 Å². The minimum atomic E-state index is -3.78. The molecule has 2 aromatic rings. The van der Waals surface area contributed by atoms with E-state index in [2.05, 4.69) is 33.9 Å². The summed E-state index contributed by atoms with van der Waals surface area (Å²) >= 11 is 0. The van der Waals surface area contributed by atoms with Gasteiger partial charge in [0.15, 0.2) is 0 Å². The van der Waals surface area contributed by atoms with Crippen LogP contribution in [-0.2, 0) is 26.6 Å². The SMILES string of the molecule is O=C1NS(=O)(=O)CCOCCC[C@@H]2CC[C@H]2CN2C[C@@]3(CCCc4ccccc43)COc3ccc1cc32. The lowest BCUT2D eigenvalue weighted by molar-refractivity contribution is 0.0979. The Balaban J connectivity index is 1.39. The van der Waals surface area contributed by atoms with Crippen LogP contribution in [0.15, 0.2) is 42.5 Å². The Labute approximate surface area is 219 Å². The molecule has 0 saturated heterocycles. The highest BCUT2D eigenvalue weighted by Gasteiger charge is 2.43. The van der Waals surface area contributed by atoms with Crippen LogP contribution in [0.2, 0.25) is 0 Å². The van der Waals surface area contributed by atoms with Crippen molar-refractivity contribution in [2.45, 2.75) is 50.4 Å². The fraction of sp³-hybridized carbons (Fsp3) is 0.552. The van der Waals surface area contributed by atoms with Gasteiger partial charge >= 0.3 is 0 Å². The maximum absolute atomic E-state index is 13.0. The topological polar surface area (TPSA) is 84.9 Å². The first-order valence-electron chi connectivity index (χ1n) is 13.7. The zero-order chi connectivity index (χ0) is 25.5. The van der Waals surface area contributed by atoms with Crippen LogP contribution in [0, 0.1) is 11.8 Å². The highest BCUT2D eigenvalue weighted by Crippen LogP contribution is 2.46. The van der Waals surface area contributed by atoms with E-state index < -0.39 is 15.9 Å². The number of anilines is 1. The van der Waals surface area contributed by atoms with Crippen LogP contribution in [0.25, 0.3) is 0 Å². The van der Waals surface area contributed by atoms with E-state index in [1.807, 2.05) is 12.1 Å². The Morgan fingerprint density at radius 2 is 1.86 bits per heavy atom. The van der Waals surface area contributed by atoms with Gasteiger partial charge in [-0.15, -0.1) is 0 Å². The number of ether oxygens (including phenoxy) is 2. The molecule has 7 nitrogen and oxygen atoms in total. The fourth-order valence-electron chi connectivity index (χ4n) is 6.74. The van der Waals surface area contributed by atoms with E-state index in [-0.39, 0.29) is 17.8 Å². The largest absolute Gasteiger partial charge is 0.490 e. The Morgan fingerprint density at radius 3 is 2.73 bits per heavy atom.